The molecular formula is C12H16N4O5. The number of methoxy groups -OCH3 is 1. The fourth-order valence-corrected chi connectivity index (χ4v) is 2.01. The number of nitrogens with one attached hydrogen (secondary N) is 1. The molecule has 2 rings (SSSR count). The van der Waals surface area contributed by atoms with E-state index in [1.54, 1.807) is 6.07 Å². The molecule has 2 heterocycles. The van der Waals surface area contributed by atoms with E-state index in [-0.39, 0.29) is 30.7 Å². The van der Waals surface area contributed by atoms with Gasteiger partial charge in [-0.3, -0.25) is 0 Å². The number of nitrogens with zero attached hydrogens (tertiary/aromatic N) is 3. The molecule has 9 heteroatoms. The summed E-state index contributed by atoms with van der Waals surface area (Å²) in [5.41, 5.74) is 0. The van der Waals surface area contributed by atoms with Crippen molar-refractivity contribution in [3.8, 4) is 11.9 Å². The minimum absolute atomic E-state index is 0.0671. The van der Waals surface area contributed by atoms with Crippen molar-refractivity contribution >= 4 is 5.82 Å². The Balaban J connectivity index is 2.13. The van der Waals surface area contributed by atoms with Crippen molar-refractivity contribution in [3.05, 3.63) is 11.9 Å². The highest BCUT2D eigenvalue weighted by molar-refractivity contribution is 5.41. The molecule has 0 radical (unpaired) electrons. The summed E-state index contributed by atoms with van der Waals surface area (Å²) in [5.74, 6) is 0.376. The normalized spacial score (nSPS) is 28.7. The zero-order valence-electron chi connectivity index (χ0n) is 11.3. The standard InChI is InChI=1S/C12H16N4O5/c1-20-10-2-8(15-9(3-13)16-10)14-6-5-21-7(4-17)12(19)11(6)18/h2,6-7,11-12,17-19H,4-5H2,1H3,(H,14,15,16)/t6-,7+,11+,12-/m0/s1. The Kier molecular flexibility index (Phi) is 4.87. The predicted molar refractivity (Wildman–Crippen MR) is 69.5 cm³/mol. The molecule has 1 aliphatic rings. The first-order chi connectivity index (χ1) is 10.1. The molecule has 1 aromatic heterocycles. The monoisotopic (exact) mass is 296 g/mol. The van der Waals surface area contributed by atoms with Crippen molar-refractivity contribution in [2.24, 2.45) is 0 Å². The van der Waals surface area contributed by atoms with Gasteiger partial charge in [-0.15, -0.1) is 0 Å². The van der Waals surface area contributed by atoms with E-state index in [9.17, 15) is 10.2 Å². The molecule has 0 unspecified atom stereocenters. The number of aromatic nitrogens is 2. The Morgan fingerprint density at radius 3 is 2.86 bits per heavy atom. The van der Waals surface area contributed by atoms with Gasteiger partial charge < -0.3 is 30.1 Å². The summed E-state index contributed by atoms with van der Waals surface area (Å²) in [6.45, 7) is -0.317. The van der Waals surface area contributed by atoms with Crippen molar-refractivity contribution in [3.63, 3.8) is 0 Å². The minimum Gasteiger partial charge on any atom is -0.481 e. The zero-order chi connectivity index (χ0) is 15.4. The van der Waals surface area contributed by atoms with Crippen molar-refractivity contribution in [1.82, 2.24) is 9.97 Å². The first kappa shape index (κ1) is 15.4. The van der Waals surface area contributed by atoms with Crippen molar-refractivity contribution in [2.45, 2.75) is 24.4 Å². The highest BCUT2D eigenvalue weighted by Crippen LogP contribution is 2.20. The van der Waals surface area contributed by atoms with Crippen LogP contribution in [0.4, 0.5) is 5.82 Å². The molecule has 1 aromatic rings. The average Bonchev–Trinajstić information content (AvgIpc) is 2.51. The third-order valence-corrected chi connectivity index (χ3v) is 3.16. The topological polar surface area (TPSA) is 141 Å². The van der Waals surface area contributed by atoms with E-state index in [0.29, 0.717) is 0 Å². The summed E-state index contributed by atoms with van der Waals surface area (Å²) in [6.07, 6.45) is -3.20. The van der Waals surface area contributed by atoms with Crippen molar-refractivity contribution < 1.29 is 24.8 Å². The zero-order valence-corrected chi connectivity index (χ0v) is 11.3. The molecule has 1 aliphatic heterocycles. The maximum absolute atomic E-state index is 10.0. The molecule has 0 amide bonds. The lowest BCUT2D eigenvalue weighted by atomic mass is 9.98. The third-order valence-electron chi connectivity index (χ3n) is 3.16. The molecule has 21 heavy (non-hydrogen) atoms. The number of hydrogen-bond donors (Lipinski definition) is 4. The van der Waals surface area contributed by atoms with E-state index in [4.69, 9.17) is 19.8 Å². The Bertz CT molecular complexity index is 535. The Morgan fingerprint density at radius 1 is 1.48 bits per heavy atom. The highest BCUT2D eigenvalue weighted by atomic mass is 16.5. The fourth-order valence-electron chi connectivity index (χ4n) is 2.01. The maximum atomic E-state index is 10.0. The minimum atomic E-state index is -1.22. The van der Waals surface area contributed by atoms with E-state index < -0.39 is 24.4 Å². The summed E-state index contributed by atoms with van der Waals surface area (Å²) in [5, 5.41) is 40.5. The van der Waals surface area contributed by atoms with Crippen molar-refractivity contribution in [2.75, 3.05) is 25.6 Å². The van der Waals surface area contributed by atoms with Gasteiger partial charge in [-0.1, -0.05) is 0 Å². The Hall–Kier alpha value is -1.99. The highest BCUT2D eigenvalue weighted by Gasteiger charge is 2.38. The molecule has 0 spiro atoms. The molecule has 0 aliphatic carbocycles. The summed E-state index contributed by atoms with van der Waals surface area (Å²) < 4.78 is 10.2. The molecule has 0 aromatic carbocycles. The number of nitriles is 1. The van der Waals surface area contributed by atoms with Gasteiger partial charge in [0.05, 0.1) is 26.4 Å². The number of aliphatic hydroxyl groups is 3. The van der Waals surface area contributed by atoms with Crippen LogP contribution in [0.3, 0.4) is 0 Å². The van der Waals surface area contributed by atoms with Gasteiger partial charge >= 0.3 is 0 Å². The second-order valence-electron chi connectivity index (χ2n) is 4.52. The number of anilines is 1. The number of ether oxygens (including phenoxy) is 2. The van der Waals surface area contributed by atoms with Crippen LogP contribution in [0, 0.1) is 11.3 Å². The lowest BCUT2D eigenvalue weighted by Crippen LogP contribution is -2.56. The Morgan fingerprint density at radius 2 is 2.24 bits per heavy atom. The van der Waals surface area contributed by atoms with Gasteiger partial charge in [0.2, 0.25) is 11.7 Å². The molecule has 114 valence electrons. The Labute approximate surface area is 120 Å². The molecular weight excluding hydrogens is 280 g/mol. The lowest BCUT2D eigenvalue weighted by Gasteiger charge is -2.37. The maximum Gasteiger partial charge on any atom is 0.237 e. The summed E-state index contributed by atoms with van der Waals surface area (Å²) in [7, 11) is 1.40. The van der Waals surface area contributed by atoms with E-state index >= 15 is 0 Å². The van der Waals surface area contributed by atoms with Crippen LogP contribution in [0.2, 0.25) is 0 Å². The van der Waals surface area contributed by atoms with Crippen LogP contribution in [0.15, 0.2) is 6.07 Å². The van der Waals surface area contributed by atoms with E-state index in [0.717, 1.165) is 0 Å². The second-order valence-corrected chi connectivity index (χ2v) is 4.52. The smallest absolute Gasteiger partial charge is 0.237 e. The van der Waals surface area contributed by atoms with Gasteiger partial charge in [0, 0.05) is 6.07 Å². The van der Waals surface area contributed by atoms with Gasteiger partial charge in [-0.25, -0.2) is 4.98 Å². The van der Waals surface area contributed by atoms with Crippen LogP contribution in [0.5, 0.6) is 5.88 Å². The third kappa shape index (κ3) is 3.37. The van der Waals surface area contributed by atoms with Crippen LogP contribution >= 0.6 is 0 Å². The number of rotatable bonds is 4. The lowest BCUT2D eigenvalue weighted by molar-refractivity contribution is -0.152. The van der Waals surface area contributed by atoms with Gasteiger partial charge in [0.15, 0.2) is 0 Å². The van der Waals surface area contributed by atoms with Gasteiger partial charge in [0.25, 0.3) is 0 Å². The quantitative estimate of drug-likeness (QED) is 0.509. The molecule has 1 saturated heterocycles. The van der Waals surface area contributed by atoms with Crippen LogP contribution in [-0.2, 0) is 4.74 Å². The van der Waals surface area contributed by atoms with Gasteiger partial charge in [0.1, 0.15) is 30.2 Å². The van der Waals surface area contributed by atoms with Crippen LogP contribution in [-0.4, -0.2) is 70.0 Å². The van der Waals surface area contributed by atoms with Gasteiger partial charge in [-0.05, 0) is 0 Å². The molecule has 4 atom stereocenters. The number of hydrogen-bond acceptors (Lipinski definition) is 9. The molecule has 4 N–H and O–H groups in total. The van der Waals surface area contributed by atoms with Crippen LogP contribution in [0.1, 0.15) is 5.82 Å². The first-order valence-electron chi connectivity index (χ1n) is 6.27. The largest absolute Gasteiger partial charge is 0.481 e. The average molecular weight is 296 g/mol. The first-order valence-corrected chi connectivity index (χ1v) is 6.27. The molecule has 0 saturated carbocycles. The van der Waals surface area contributed by atoms with E-state index in [1.165, 1.54) is 13.2 Å². The van der Waals surface area contributed by atoms with Crippen LogP contribution < -0.4 is 10.1 Å². The van der Waals surface area contributed by atoms with E-state index in [2.05, 4.69) is 15.3 Å². The van der Waals surface area contributed by atoms with Crippen LogP contribution in [0.25, 0.3) is 0 Å². The number of aliphatic hydroxyl groups excluding tert-OH is 3. The SMILES string of the molecule is COc1cc(N[C@H]2CO[C@H](CO)[C@H](O)[C@@H]2O)nc(C#N)n1. The summed E-state index contributed by atoms with van der Waals surface area (Å²) >= 11 is 0. The van der Waals surface area contributed by atoms with Crippen molar-refractivity contribution in [1.29, 1.82) is 5.26 Å². The molecule has 1 fully saturated rings. The summed E-state index contributed by atoms with van der Waals surface area (Å²) in [6, 6.07) is 2.61. The molecule has 0 bridgehead atoms. The van der Waals surface area contributed by atoms with E-state index in [1.807, 2.05) is 0 Å². The summed E-state index contributed by atoms with van der Waals surface area (Å²) in [4.78, 5) is 7.74. The molecule has 9 nitrogen and oxygen atoms in total. The van der Waals surface area contributed by atoms with Gasteiger partial charge in [-0.2, -0.15) is 10.2 Å². The fraction of sp³-hybridized carbons (Fsp3) is 0.583. The second kappa shape index (κ2) is 6.64. The predicted octanol–water partition coefficient (Wildman–Crippen LogP) is -1.75.